The van der Waals surface area contributed by atoms with Crippen molar-refractivity contribution in [3.05, 3.63) is 52.3 Å². The molecule has 0 aliphatic carbocycles. The summed E-state index contributed by atoms with van der Waals surface area (Å²) in [7, 11) is 1.53. The number of nitrogens with one attached hydrogen (secondary N) is 1. The summed E-state index contributed by atoms with van der Waals surface area (Å²) < 4.78 is 6.38. The van der Waals surface area contributed by atoms with E-state index in [2.05, 4.69) is 26.5 Å². The predicted octanol–water partition coefficient (Wildman–Crippen LogP) is 0.860. The Balaban J connectivity index is 1.90. The number of nitrogens with zero attached hydrogens (tertiary/aromatic N) is 4. The van der Waals surface area contributed by atoms with Gasteiger partial charge in [-0.15, -0.1) is 6.42 Å². The molecule has 124 valence electrons. The molecule has 0 saturated carbocycles. The number of rotatable bonds is 4. The van der Waals surface area contributed by atoms with Crippen molar-refractivity contribution in [1.82, 2.24) is 25.2 Å². The lowest BCUT2D eigenvalue weighted by Gasteiger charge is -2.02. The number of aryl methyl sites for hydroxylation is 1. The maximum Gasteiger partial charge on any atom is 0.278 e. The van der Waals surface area contributed by atoms with Gasteiger partial charge in [-0.1, -0.05) is 23.2 Å². The Morgan fingerprint density at radius 3 is 2.96 bits per heavy atom. The minimum absolute atomic E-state index is 0.147. The number of terminal acetylenes is 1. The fourth-order valence-electron chi connectivity index (χ4n) is 2.09. The molecule has 2 heterocycles. The van der Waals surface area contributed by atoms with Gasteiger partial charge in [0.1, 0.15) is 5.69 Å². The van der Waals surface area contributed by atoms with Gasteiger partial charge in [0.05, 0.1) is 6.54 Å². The normalized spacial score (nSPS) is 10.2. The third-order valence-corrected chi connectivity index (χ3v) is 3.34. The van der Waals surface area contributed by atoms with Crippen molar-refractivity contribution in [3.8, 4) is 35.3 Å². The Labute approximate surface area is 142 Å². The molecular weight excluding hydrogens is 322 g/mol. The number of carbonyl (C=O) groups is 1. The average Bonchev–Trinajstić information content (AvgIpc) is 3.12. The summed E-state index contributed by atoms with van der Waals surface area (Å²) in [5.74, 6) is 2.53. The molecule has 3 aromatic rings. The molecule has 0 saturated heterocycles. The summed E-state index contributed by atoms with van der Waals surface area (Å²) in [6.45, 7) is 0.147. The van der Waals surface area contributed by atoms with Gasteiger partial charge in [0.2, 0.25) is 5.82 Å². The quantitative estimate of drug-likeness (QED) is 0.709. The van der Waals surface area contributed by atoms with Gasteiger partial charge in [0.25, 0.3) is 17.4 Å². The van der Waals surface area contributed by atoms with Crippen LogP contribution in [0.25, 0.3) is 23.0 Å². The van der Waals surface area contributed by atoms with E-state index >= 15 is 0 Å². The summed E-state index contributed by atoms with van der Waals surface area (Å²) in [6.07, 6.45) is 5.13. The molecule has 8 heteroatoms. The fraction of sp³-hybridized carbons (Fsp3) is 0.118. The van der Waals surface area contributed by atoms with Gasteiger partial charge in [-0.05, 0) is 18.2 Å². The lowest BCUT2D eigenvalue weighted by Crippen LogP contribution is -2.23. The molecule has 0 aliphatic rings. The molecule has 25 heavy (non-hydrogen) atoms. The van der Waals surface area contributed by atoms with E-state index in [0.29, 0.717) is 22.6 Å². The van der Waals surface area contributed by atoms with Crippen molar-refractivity contribution in [2.45, 2.75) is 0 Å². The fourth-order valence-corrected chi connectivity index (χ4v) is 2.09. The highest BCUT2D eigenvalue weighted by Crippen LogP contribution is 2.21. The van der Waals surface area contributed by atoms with E-state index in [0.717, 1.165) is 0 Å². The minimum Gasteiger partial charge on any atom is -0.341 e. The van der Waals surface area contributed by atoms with Crippen LogP contribution in [-0.2, 0) is 7.05 Å². The first-order valence-electron chi connectivity index (χ1n) is 7.29. The predicted molar refractivity (Wildman–Crippen MR) is 89.4 cm³/mol. The van der Waals surface area contributed by atoms with Gasteiger partial charge in [-0.2, -0.15) is 10.1 Å². The number of carbonyl (C=O) groups excluding carboxylic acids is 1. The molecule has 2 aromatic heterocycles. The Morgan fingerprint density at radius 2 is 2.20 bits per heavy atom. The minimum atomic E-state index is -0.289. The molecule has 0 bridgehead atoms. The van der Waals surface area contributed by atoms with Crippen molar-refractivity contribution < 1.29 is 9.32 Å². The van der Waals surface area contributed by atoms with Crippen LogP contribution in [0.2, 0.25) is 0 Å². The largest absolute Gasteiger partial charge is 0.341 e. The van der Waals surface area contributed by atoms with Crippen LogP contribution >= 0.6 is 0 Å². The van der Waals surface area contributed by atoms with E-state index in [1.165, 1.54) is 23.9 Å². The number of amides is 1. The van der Waals surface area contributed by atoms with Crippen molar-refractivity contribution in [2.75, 3.05) is 6.54 Å². The van der Waals surface area contributed by atoms with Crippen molar-refractivity contribution in [3.63, 3.8) is 0 Å². The van der Waals surface area contributed by atoms with Crippen LogP contribution in [0, 0.1) is 12.3 Å². The van der Waals surface area contributed by atoms with Crippen molar-refractivity contribution in [2.24, 2.45) is 7.05 Å². The van der Waals surface area contributed by atoms with E-state index < -0.39 is 0 Å². The summed E-state index contributed by atoms with van der Waals surface area (Å²) in [4.78, 5) is 27.6. The Hall–Kier alpha value is -3.73. The molecule has 1 N–H and O–H groups in total. The molecule has 0 fully saturated rings. The topological polar surface area (TPSA) is 103 Å². The lowest BCUT2D eigenvalue weighted by atomic mass is 10.1. The van der Waals surface area contributed by atoms with Crippen molar-refractivity contribution >= 4 is 5.91 Å². The smallest absolute Gasteiger partial charge is 0.278 e. The lowest BCUT2D eigenvalue weighted by molar-refractivity contribution is 0.0958. The Bertz CT molecular complexity index is 1030. The van der Waals surface area contributed by atoms with E-state index in [9.17, 15) is 9.59 Å². The van der Waals surface area contributed by atoms with Crippen LogP contribution in [0.1, 0.15) is 10.4 Å². The second-order valence-electron chi connectivity index (χ2n) is 5.07. The van der Waals surface area contributed by atoms with Gasteiger partial charge in [-0.3, -0.25) is 9.59 Å². The Kier molecular flexibility index (Phi) is 4.39. The molecule has 1 amide bonds. The molecule has 1 aromatic carbocycles. The molecule has 0 atom stereocenters. The highest BCUT2D eigenvalue weighted by atomic mass is 16.5. The monoisotopic (exact) mass is 335 g/mol. The van der Waals surface area contributed by atoms with Crippen LogP contribution in [0.15, 0.2) is 45.7 Å². The van der Waals surface area contributed by atoms with Gasteiger partial charge in [0.15, 0.2) is 0 Å². The third-order valence-electron chi connectivity index (χ3n) is 3.34. The maximum absolute atomic E-state index is 12.0. The number of hydrogen-bond donors (Lipinski definition) is 1. The highest BCUT2D eigenvalue weighted by molar-refractivity contribution is 5.95. The molecule has 3 rings (SSSR count). The summed E-state index contributed by atoms with van der Waals surface area (Å²) in [6, 6.07) is 9.62. The van der Waals surface area contributed by atoms with Crippen LogP contribution in [0.5, 0.6) is 0 Å². The summed E-state index contributed by atoms with van der Waals surface area (Å²) >= 11 is 0. The molecular formula is C17H13N5O3. The number of benzene rings is 1. The molecule has 0 spiro atoms. The maximum atomic E-state index is 12.0. The Morgan fingerprint density at radius 1 is 1.36 bits per heavy atom. The van der Waals surface area contributed by atoms with E-state index in [4.69, 9.17) is 10.9 Å². The molecule has 8 nitrogen and oxygen atoms in total. The average molecular weight is 335 g/mol. The van der Waals surface area contributed by atoms with Gasteiger partial charge in [0, 0.05) is 24.2 Å². The van der Waals surface area contributed by atoms with Crippen LogP contribution < -0.4 is 10.9 Å². The second-order valence-corrected chi connectivity index (χ2v) is 5.07. The third kappa shape index (κ3) is 3.45. The first kappa shape index (κ1) is 16.1. The number of aromatic nitrogens is 4. The van der Waals surface area contributed by atoms with Crippen LogP contribution in [0.3, 0.4) is 0 Å². The van der Waals surface area contributed by atoms with Crippen LogP contribution in [0.4, 0.5) is 0 Å². The van der Waals surface area contributed by atoms with E-state index in [1.54, 1.807) is 24.3 Å². The molecule has 0 aliphatic heterocycles. The van der Waals surface area contributed by atoms with Crippen molar-refractivity contribution in [1.29, 1.82) is 0 Å². The zero-order valence-electron chi connectivity index (χ0n) is 13.3. The van der Waals surface area contributed by atoms with Gasteiger partial charge >= 0.3 is 0 Å². The zero-order chi connectivity index (χ0) is 17.8. The first-order chi connectivity index (χ1) is 12.1. The van der Waals surface area contributed by atoms with E-state index in [-0.39, 0.29) is 23.9 Å². The highest BCUT2D eigenvalue weighted by Gasteiger charge is 2.14. The first-order valence-corrected chi connectivity index (χ1v) is 7.29. The summed E-state index contributed by atoms with van der Waals surface area (Å²) in [5.41, 5.74) is 1.17. The summed E-state index contributed by atoms with van der Waals surface area (Å²) in [5, 5.41) is 10.5. The molecule has 0 radical (unpaired) electrons. The van der Waals surface area contributed by atoms with Crippen LogP contribution in [-0.4, -0.2) is 32.4 Å². The second kappa shape index (κ2) is 6.80. The van der Waals surface area contributed by atoms with Gasteiger partial charge < -0.3 is 9.84 Å². The molecule has 0 unspecified atom stereocenters. The number of hydrogen-bond acceptors (Lipinski definition) is 6. The van der Waals surface area contributed by atoms with E-state index in [1.807, 2.05) is 0 Å². The standard InChI is InChI=1S/C17H13N5O3/c1-3-9-18-16(24)12-6-4-5-11(10-12)15-19-17(25-21-15)13-7-8-14(23)22(2)20-13/h1,4-8,10H,9H2,2H3,(H,18,24). The SMILES string of the molecule is C#CCNC(=O)c1cccc(-c2noc(-c3ccc(=O)n(C)n3)n2)c1. The zero-order valence-corrected chi connectivity index (χ0v) is 13.3. The van der Waals surface area contributed by atoms with Gasteiger partial charge in [-0.25, -0.2) is 4.68 Å².